The quantitative estimate of drug-likeness (QED) is 0.690. The first-order chi connectivity index (χ1) is 15.0. The second-order valence-electron chi connectivity index (χ2n) is 10.0. The third kappa shape index (κ3) is 3.26. The highest BCUT2D eigenvalue weighted by molar-refractivity contribution is 7.89. The molecule has 0 atom stereocenters. The predicted molar refractivity (Wildman–Crippen MR) is 122 cm³/mol. The lowest BCUT2D eigenvalue weighted by Crippen LogP contribution is -2.50. The Kier molecular flexibility index (Phi) is 4.93. The molecule has 170 valence electrons. The van der Waals surface area contributed by atoms with Gasteiger partial charge in [-0.1, -0.05) is 31.5 Å². The number of hydrogen-bond donors (Lipinski definition) is 1. The number of carbonyl (C=O) groups is 1. The summed E-state index contributed by atoms with van der Waals surface area (Å²) >= 11 is 6.19. The van der Waals surface area contributed by atoms with Crippen LogP contribution < -0.4 is 5.32 Å². The molecule has 3 aliphatic heterocycles. The number of aryl methyl sites for hydroxylation is 1. The third-order valence-corrected chi connectivity index (χ3v) is 9.54. The van der Waals surface area contributed by atoms with E-state index in [1.165, 1.54) is 10.4 Å². The van der Waals surface area contributed by atoms with Crippen LogP contribution in [0, 0.1) is 17.8 Å². The van der Waals surface area contributed by atoms with Gasteiger partial charge >= 0.3 is 0 Å². The van der Waals surface area contributed by atoms with Crippen molar-refractivity contribution in [1.29, 1.82) is 0 Å². The molecule has 1 saturated heterocycles. The van der Waals surface area contributed by atoms with E-state index >= 15 is 0 Å². The normalized spacial score (nSPS) is 24.6. The van der Waals surface area contributed by atoms with Crippen LogP contribution >= 0.6 is 11.6 Å². The fraction of sp³-hybridized carbons (Fsp3) is 0.522. The molecule has 1 aromatic rings. The maximum absolute atomic E-state index is 13.3. The Bertz CT molecular complexity index is 1220. The first kappa shape index (κ1) is 21.8. The Morgan fingerprint density at radius 3 is 2.56 bits per heavy atom. The number of allylic oxidation sites excluding steroid dienone is 2. The van der Waals surface area contributed by atoms with Gasteiger partial charge in [0, 0.05) is 46.8 Å². The zero-order chi connectivity index (χ0) is 22.9. The Labute approximate surface area is 193 Å². The fourth-order valence-electron chi connectivity index (χ4n) is 5.61. The van der Waals surface area contributed by atoms with Crippen LogP contribution in [0.1, 0.15) is 45.1 Å². The number of halogens is 1. The van der Waals surface area contributed by atoms with E-state index in [-0.39, 0.29) is 16.1 Å². The molecule has 4 aliphatic rings. The molecule has 1 aromatic carbocycles. The van der Waals surface area contributed by atoms with Gasteiger partial charge in [0.05, 0.1) is 11.4 Å². The van der Waals surface area contributed by atoms with Gasteiger partial charge in [0.1, 0.15) is 0 Å². The molecule has 1 fully saturated rings. The molecular weight excluding hydrogens is 448 g/mol. The van der Waals surface area contributed by atoms with Crippen LogP contribution in [0.4, 0.5) is 0 Å². The zero-order valence-electron chi connectivity index (χ0n) is 18.5. The molecule has 3 heterocycles. The van der Waals surface area contributed by atoms with Gasteiger partial charge in [-0.2, -0.15) is 9.42 Å². The predicted octanol–water partition coefficient (Wildman–Crippen LogP) is 4.34. The Morgan fingerprint density at radius 2 is 1.88 bits per heavy atom. The molecule has 1 spiro atoms. The summed E-state index contributed by atoms with van der Waals surface area (Å²) in [5.41, 5.74) is 3.02. The number of dihydropyridines is 1. The molecule has 9 heteroatoms. The number of rotatable bonds is 2. The highest BCUT2D eigenvalue weighted by Crippen LogP contribution is 2.55. The van der Waals surface area contributed by atoms with Gasteiger partial charge in [-0.3, -0.25) is 4.79 Å². The van der Waals surface area contributed by atoms with E-state index in [9.17, 15) is 13.2 Å². The summed E-state index contributed by atoms with van der Waals surface area (Å²) in [6.07, 6.45) is 2.35. The van der Waals surface area contributed by atoms with Crippen LogP contribution in [0.3, 0.4) is 0 Å². The topological polar surface area (TPSA) is 91.2 Å². The number of nitrogens with one attached hydrogen (secondary N) is 1. The van der Waals surface area contributed by atoms with Crippen molar-refractivity contribution >= 4 is 27.4 Å². The molecular formula is C23H27ClN4O3S. The molecule has 0 radical (unpaired) electrons. The molecule has 0 bridgehead atoms. The van der Waals surface area contributed by atoms with Crippen molar-refractivity contribution in [3.05, 3.63) is 51.4 Å². The van der Waals surface area contributed by atoms with Crippen molar-refractivity contribution in [1.82, 2.24) is 9.62 Å². The standard InChI is InChI=1S/C23H27ClN4O3S/c1-14-4-5-15(10-17(14)24)32(30,31)28-8-6-23(7-9-28)16-13-25-27-21(16)26-18-11-22(2,3)12-19(29)20(18)23/h4-5,10,26H,6-9,11-13H2,1-3H3. The van der Waals surface area contributed by atoms with Crippen molar-refractivity contribution in [3.8, 4) is 0 Å². The summed E-state index contributed by atoms with van der Waals surface area (Å²) in [5, 5.41) is 12.4. The first-order valence-corrected chi connectivity index (χ1v) is 12.8. The van der Waals surface area contributed by atoms with E-state index < -0.39 is 15.4 Å². The van der Waals surface area contributed by atoms with Gasteiger partial charge in [-0.25, -0.2) is 8.42 Å². The first-order valence-electron chi connectivity index (χ1n) is 10.9. The smallest absolute Gasteiger partial charge is 0.243 e. The number of hydrogen-bond acceptors (Lipinski definition) is 6. The number of azo groups is 1. The van der Waals surface area contributed by atoms with Gasteiger partial charge < -0.3 is 5.32 Å². The SMILES string of the molecule is Cc1ccc(S(=O)(=O)N2CCC3(CC2)C2=C(N=NC2)NC2=C3C(=O)CC(C)(C)C2)cc1Cl. The van der Waals surface area contributed by atoms with Crippen LogP contribution in [-0.2, 0) is 14.8 Å². The minimum Gasteiger partial charge on any atom is -0.342 e. The van der Waals surface area contributed by atoms with Gasteiger partial charge in [-0.15, -0.1) is 5.11 Å². The largest absolute Gasteiger partial charge is 0.342 e. The van der Waals surface area contributed by atoms with E-state index in [1.54, 1.807) is 12.1 Å². The van der Waals surface area contributed by atoms with Crippen molar-refractivity contribution in [2.75, 3.05) is 19.6 Å². The van der Waals surface area contributed by atoms with Crippen LogP contribution in [0.2, 0.25) is 5.02 Å². The third-order valence-electron chi connectivity index (χ3n) is 7.24. The molecule has 0 saturated carbocycles. The molecule has 1 N–H and O–H groups in total. The highest BCUT2D eigenvalue weighted by atomic mass is 35.5. The molecule has 5 rings (SSSR count). The number of fused-ring (bicyclic) bond motifs is 2. The van der Waals surface area contributed by atoms with Crippen molar-refractivity contribution in [2.45, 2.75) is 51.3 Å². The summed E-state index contributed by atoms with van der Waals surface area (Å²) in [6.45, 7) is 7.17. The molecule has 1 aliphatic carbocycles. The second kappa shape index (κ2) is 7.23. The lowest BCUT2D eigenvalue weighted by molar-refractivity contribution is -0.119. The van der Waals surface area contributed by atoms with Crippen LogP contribution in [-0.4, -0.2) is 38.1 Å². The van der Waals surface area contributed by atoms with E-state index in [0.717, 1.165) is 34.6 Å². The minimum atomic E-state index is -3.67. The van der Waals surface area contributed by atoms with Crippen LogP contribution in [0.15, 0.2) is 56.0 Å². The number of benzene rings is 1. The van der Waals surface area contributed by atoms with Crippen molar-refractivity contribution < 1.29 is 13.2 Å². The number of sulfonamides is 1. The van der Waals surface area contributed by atoms with Crippen LogP contribution in [0.25, 0.3) is 0 Å². The lowest BCUT2D eigenvalue weighted by atomic mass is 9.60. The van der Waals surface area contributed by atoms with Gasteiger partial charge in [0.25, 0.3) is 0 Å². The monoisotopic (exact) mass is 474 g/mol. The summed E-state index contributed by atoms with van der Waals surface area (Å²) < 4.78 is 28.1. The molecule has 0 aromatic heterocycles. The van der Waals surface area contributed by atoms with E-state index in [1.807, 2.05) is 6.92 Å². The van der Waals surface area contributed by atoms with E-state index in [2.05, 4.69) is 29.4 Å². The van der Waals surface area contributed by atoms with Gasteiger partial charge in [0.2, 0.25) is 10.0 Å². The van der Waals surface area contributed by atoms with E-state index in [0.29, 0.717) is 43.9 Å². The highest BCUT2D eigenvalue weighted by Gasteiger charge is 2.53. The summed E-state index contributed by atoms with van der Waals surface area (Å²) in [6, 6.07) is 4.85. The zero-order valence-corrected chi connectivity index (χ0v) is 20.1. The van der Waals surface area contributed by atoms with E-state index in [4.69, 9.17) is 11.6 Å². The summed E-state index contributed by atoms with van der Waals surface area (Å²) in [7, 11) is -3.67. The Hall–Kier alpha value is -2.03. The second-order valence-corrected chi connectivity index (χ2v) is 12.4. The lowest BCUT2D eigenvalue weighted by Gasteiger charge is -2.48. The Balaban J connectivity index is 1.49. The van der Waals surface area contributed by atoms with Gasteiger partial charge in [0.15, 0.2) is 11.6 Å². The molecule has 7 nitrogen and oxygen atoms in total. The Morgan fingerprint density at radius 1 is 1.16 bits per heavy atom. The van der Waals surface area contributed by atoms with Crippen molar-refractivity contribution in [3.63, 3.8) is 0 Å². The summed E-state index contributed by atoms with van der Waals surface area (Å²) in [5.74, 6) is 0.902. The van der Waals surface area contributed by atoms with Gasteiger partial charge in [-0.05, 0) is 49.3 Å². The molecule has 32 heavy (non-hydrogen) atoms. The fourth-order valence-corrected chi connectivity index (χ4v) is 7.32. The van der Waals surface area contributed by atoms with Crippen molar-refractivity contribution in [2.24, 2.45) is 21.1 Å². The minimum absolute atomic E-state index is 0.118. The maximum Gasteiger partial charge on any atom is 0.243 e. The summed E-state index contributed by atoms with van der Waals surface area (Å²) in [4.78, 5) is 13.6. The average Bonchev–Trinajstić information content (AvgIpc) is 3.18. The molecule has 0 unspecified atom stereocenters. The number of ketones is 1. The number of Topliss-reactive ketones (excluding diaryl/α,β-unsaturated/α-hetero) is 1. The van der Waals surface area contributed by atoms with Crippen LogP contribution in [0.5, 0.6) is 0 Å². The average molecular weight is 475 g/mol. The number of piperidine rings is 1. The number of carbonyl (C=O) groups excluding carboxylic acids is 1. The number of nitrogens with zero attached hydrogens (tertiary/aromatic N) is 3. The maximum atomic E-state index is 13.3. The molecule has 0 amide bonds.